The van der Waals surface area contributed by atoms with Crippen LogP contribution in [0.4, 0.5) is 11.4 Å². The van der Waals surface area contributed by atoms with Gasteiger partial charge in [-0.1, -0.05) is 18.2 Å². The van der Waals surface area contributed by atoms with Gasteiger partial charge in [-0.3, -0.25) is 4.79 Å². The van der Waals surface area contributed by atoms with E-state index in [2.05, 4.69) is 16.7 Å². The topological polar surface area (TPSA) is 83.4 Å². The zero-order chi connectivity index (χ0) is 20.6. The number of nitrogens with zero attached hydrogens (tertiary/aromatic N) is 1. The number of hydrogen-bond acceptors (Lipinski definition) is 5. The molecule has 0 aliphatic carbocycles. The third-order valence-corrected chi connectivity index (χ3v) is 4.19. The van der Waals surface area contributed by atoms with Crippen LogP contribution in [0.15, 0.2) is 72.8 Å². The van der Waals surface area contributed by atoms with E-state index in [-0.39, 0.29) is 5.91 Å². The van der Waals surface area contributed by atoms with Crippen LogP contribution in [0, 0.1) is 11.3 Å². The van der Waals surface area contributed by atoms with Crippen molar-refractivity contribution in [2.75, 3.05) is 17.7 Å². The van der Waals surface area contributed by atoms with Crippen molar-refractivity contribution >= 4 is 17.3 Å². The molecule has 6 nitrogen and oxygen atoms in total. The number of para-hydroxylation sites is 2. The summed E-state index contributed by atoms with van der Waals surface area (Å²) in [7, 11) is 1.60. The van der Waals surface area contributed by atoms with Gasteiger partial charge < -0.3 is 20.1 Å². The van der Waals surface area contributed by atoms with Crippen LogP contribution in [0.3, 0.4) is 0 Å². The number of carbonyl (C=O) groups is 1. The summed E-state index contributed by atoms with van der Waals surface area (Å²) in [6.45, 7) is 1.77. The second-order valence-electron chi connectivity index (χ2n) is 6.33. The number of nitrogens with one attached hydrogen (secondary N) is 2. The number of methoxy groups -OCH3 is 1. The van der Waals surface area contributed by atoms with Gasteiger partial charge in [0, 0.05) is 11.4 Å². The van der Waals surface area contributed by atoms with Gasteiger partial charge in [-0.05, 0) is 61.5 Å². The predicted molar refractivity (Wildman–Crippen MR) is 112 cm³/mol. The molecule has 146 valence electrons. The smallest absolute Gasteiger partial charge is 0.246 e. The zero-order valence-corrected chi connectivity index (χ0v) is 16.2. The van der Waals surface area contributed by atoms with Crippen molar-refractivity contribution in [1.29, 1.82) is 5.26 Å². The summed E-state index contributed by atoms with van der Waals surface area (Å²) in [6, 6.07) is 23.1. The summed E-state index contributed by atoms with van der Waals surface area (Å²) in [5.41, 5.74) is 1.86. The molecular formula is C23H21N3O3. The molecule has 0 fully saturated rings. The fourth-order valence-corrected chi connectivity index (χ4v) is 2.68. The molecule has 1 amide bonds. The average Bonchev–Trinajstić information content (AvgIpc) is 2.75. The second kappa shape index (κ2) is 9.29. The molecule has 1 unspecified atom stereocenters. The van der Waals surface area contributed by atoms with Gasteiger partial charge in [0.15, 0.2) is 11.5 Å². The Morgan fingerprint density at radius 3 is 2.38 bits per heavy atom. The monoisotopic (exact) mass is 387 g/mol. The highest BCUT2D eigenvalue weighted by atomic mass is 16.5. The van der Waals surface area contributed by atoms with Gasteiger partial charge in [0.2, 0.25) is 5.91 Å². The van der Waals surface area contributed by atoms with E-state index in [9.17, 15) is 4.79 Å². The Morgan fingerprint density at radius 1 is 0.966 bits per heavy atom. The molecule has 0 radical (unpaired) electrons. The molecular weight excluding hydrogens is 366 g/mol. The summed E-state index contributed by atoms with van der Waals surface area (Å²) in [4.78, 5) is 12.4. The van der Waals surface area contributed by atoms with Crippen LogP contribution in [-0.2, 0) is 4.79 Å². The second-order valence-corrected chi connectivity index (χ2v) is 6.33. The summed E-state index contributed by atoms with van der Waals surface area (Å²) < 4.78 is 11.1. The lowest BCUT2D eigenvalue weighted by molar-refractivity contribution is -0.116. The van der Waals surface area contributed by atoms with Gasteiger partial charge in [-0.15, -0.1) is 0 Å². The first-order chi connectivity index (χ1) is 14.1. The van der Waals surface area contributed by atoms with Crippen molar-refractivity contribution in [2.24, 2.45) is 0 Å². The lowest BCUT2D eigenvalue weighted by atomic mass is 10.2. The molecule has 3 aromatic rings. The molecule has 3 rings (SSSR count). The summed E-state index contributed by atoms with van der Waals surface area (Å²) in [6.07, 6.45) is 0. The Labute approximate surface area is 169 Å². The Balaban J connectivity index is 1.60. The number of ether oxygens (including phenoxy) is 2. The fraction of sp³-hybridized carbons (Fsp3) is 0.130. The molecule has 0 saturated carbocycles. The third-order valence-electron chi connectivity index (χ3n) is 4.19. The molecule has 0 aliphatic heterocycles. The lowest BCUT2D eigenvalue weighted by Gasteiger charge is -2.16. The minimum atomic E-state index is -0.471. The van der Waals surface area contributed by atoms with Crippen LogP contribution in [0.5, 0.6) is 17.2 Å². The van der Waals surface area contributed by atoms with Crippen molar-refractivity contribution in [2.45, 2.75) is 13.0 Å². The highest BCUT2D eigenvalue weighted by Crippen LogP contribution is 2.31. The first-order valence-electron chi connectivity index (χ1n) is 9.07. The van der Waals surface area contributed by atoms with E-state index in [1.54, 1.807) is 38.3 Å². The number of nitriles is 1. The van der Waals surface area contributed by atoms with E-state index < -0.39 is 6.04 Å². The van der Waals surface area contributed by atoms with Crippen LogP contribution < -0.4 is 20.1 Å². The van der Waals surface area contributed by atoms with Gasteiger partial charge in [-0.25, -0.2) is 0 Å². The highest BCUT2D eigenvalue weighted by Gasteiger charge is 2.13. The van der Waals surface area contributed by atoms with E-state index in [4.69, 9.17) is 14.7 Å². The first kappa shape index (κ1) is 19.8. The van der Waals surface area contributed by atoms with Crippen LogP contribution >= 0.6 is 0 Å². The maximum atomic E-state index is 12.4. The summed E-state index contributed by atoms with van der Waals surface area (Å²) in [5, 5.41) is 14.9. The lowest BCUT2D eigenvalue weighted by Crippen LogP contribution is -2.31. The molecule has 0 spiro atoms. The molecule has 0 aliphatic rings. The average molecular weight is 387 g/mol. The molecule has 0 bridgehead atoms. The molecule has 2 N–H and O–H groups in total. The number of amides is 1. The van der Waals surface area contributed by atoms with Crippen molar-refractivity contribution in [1.82, 2.24) is 0 Å². The van der Waals surface area contributed by atoms with Crippen molar-refractivity contribution in [3.63, 3.8) is 0 Å². The van der Waals surface area contributed by atoms with Crippen LogP contribution in [0.25, 0.3) is 0 Å². The van der Waals surface area contributed by atoms with Gasteiger partial charge in [0.1, 0.15) is 11.8 Å². The zero-order valence-electron chi connectivity index (χ0n) is 16.2. The normalized spacial score (nSPS) is 11.1. The van der Waals surface area contributed by atoms with Crippen LogP contribution in [0.1, 0.15) is 12.5 Å². The van der Waals surface area contributed by atoms with Crippen molar-refractivity contribution in [3.05, 3.63) is 78.4 Å². The number of rotatable bonds is 7. The number of carbonyl (C=O) groups excluding carboxylic acids is 1. The molecule has 0 heterocycles. The molecule has 0 saturated heterocycles. The largest absolute Gasteiger partial charge is 0.493 e. The number of benzene rings is 3. The molecule has 6 heteroatoms. The Morgan fingerprint density at radius 2 is 1.69 bits per heavy atom. The maximum Gasteiger partial charge on any atom is 0.246 e. The molecule has 1 atom stereocenters. The predicted octanol–water partition coefficient (Wildman–Crippen LogP) is 4.80. The Bertz CT molecular complexity index is 1030. The molecule has 3 aromatic carbocycles. The minimum absolute atomic E-state index is 0.200. The van der Waals surface area contributed by atoms with Gasteiger partial charge in [0.05, 0.1) is 18.7 Å². The molecule has 0 aromatic heterocycles. The SMILES string of the molecule is COc1ccccc1Oc1ccc(NC(C)C(=O)Nc2cccc(C#N)c2)cc1. The standard InChI is InChI=1S/C23H21N3O3/c1-16(23(27)26-19-7-5-6-17(14-19)15-24)25-18-10-12-20(13-11-18)29-22-9-4-3-8-21(22)28-2/h3-14,16,25H,1-2H3,(H,26,27). The number of hydrogen-bond donors (Lipinski definition) is 2. The maximum absolute atomic E-state index is 12.4. The van der Waals surface area contributed by atoms with Gasteiger partial charge in [-0.2, -0.15) is 5.26 Å². The number of anilines is 2. The van der Waals surface area contributed by atoms with Gasteiger partial charge in [0.25, 0.3) is 0 Å². The molecule has 29 heavy (non-hydrogen) atoms. The van der Waals surface area contributed by atoms with E-state index in [0.717, 1.165) is 5.69 Å². The highest BCUT2D eigenvalue weighted by molar-refractivity contribution is 5.96. The van der Waals surface area contributed by atoms with E-state index in [1.165, 1.54) is 0 Å². The van der Waals surface area contributed by atoms with Gasteiger partial charge >= 0.3 is 0 Å². The van der Waals surface area contributed by atoms with Crippen molar-refractivity contribution < 1.29 is 14.3 Å². The first-order valence-corrected chi connectivity index (χ1v) is 9.07. The van der Waals surface area contributed by atoms with Crippen LogP contribution in [-0.4, -0.2) is 19.1 Å². The summed E-state index contributed by atoms with van der Waals surface area (Å²) >= 11 is 0. The quantitative estimate of drug-likeness (QED) is 0.608. The van der Waals surface area contributed by atoms with E-state index >= 15 is 0 Å². The fourth-order valence-electron chi connectivity index (χ4n) is 2.68. The summed E-state index contributed by atoms with van der Waals surface area (Å²) in [5.74, 6) is 1.74. The minimum Gasteiger partial charge on any atom is -0.493 e. The Hall–Kier alpha value is -3.98. The van der Waals surface area contributed by atoms with E-state index in [1.807, 2.05) is 48.5 Å². The Kier molecular flexibility index (Phi) is 6.33. The third kappa shape index (κ3) is 5.27. The van der Waals surface area contributed by atoms with Crippen LogP contribution in [0.2, 0.25) is 0 Å². The van der Waals surface area contributed by atoms with E-state index in [0.29, 0.717) is 28.5 Å². The van der Waals surface area contributed by atoms with Crippen molar-refractivity contribution in [3.8, 4) is 23.3 Å².